The maximum absolute atomic E-state index is 11.3. The monoisotopic (exact) mass is 180 g/mol. The van der Waals surface area contributed by atoms with Gasteiger partial charge in [0.2, 0.25) is 5.78 Å². The molecule has 0 spiro atoms. The second-order valence-electron chi connectivity index (χ2n) is 5.66. The van der Waals surface area contributed by atoms with Gasteiger partial charge in [-0.3, -0.25) is 4.79 Å². The van der Waals surface area contributed by atoms with E-state index in [2.05, 4.69) is 11.8 Å². The Bertz CT molecular complexity index is 237. The minimum absolute atomic E-state index is 0.0439. The van der Waals surface area contributed by atoms with Crippen molar-refractivity contribution in [3.05, 3.63) is 0 Å². The van der Waals surface area contributed by atoms with Gasteiger partial charge in [0.15, 0.2) is 0 Å². The van der Waals surface area contributed by atoms with E-state index >= 15 is 0 Å². The zero-order chi connectivity index (χ0) is 10.7. The van der Waals surface area contributed by atoms with Crippen molar-refractivity contribution in [1.82, 2.24) is 0 Å². The number of Topliss-reactive ketones (excluding diaryl/α,β-unsaturated/α-hetero) is 1. The highest BCUT2D eigenvalue weighted by molar-refractivity contribution is 5.95. The highest BCUT2D eigenvalue weighted by Gasteiger charge is 2.14. The minimum Gasteiger partial charge on any atom is -0.285 e. The molecule has 0 amide bonds. The fraction of sp³-hybridized carbons (Fsp3) is 0.750. The summed E-state index contributed by atoms with van der Waals surface area (Å²) in [5.74, 6) is 5.68. The number of carbonyl (C=O) groups excluding carboxylic acids is 1. The van der Waals surface area contributed by atoms with Crippen molar-refractivity contribution in [3.63, 3.8) is 0 Å². The zero-order valence-corrected chi connectivity index (χ0v) is 9.62. The number of ketones is 1. The summed E-state index contributed by atoms with van der Waals surface area (Å²) >= 11 is 0. The van der Waals surface area contributed by atoms with Crippen LogP contribution in [0.4, 0.5) is 0 Å². The van der Waals surface area contributed by atoms with Gasteiger partial charge in [-0.05, 0) is 32.1 Å². The number of carbonyl (C=O) groups is 1. The molecule has 0 aromatic heterocycles. The molecule has 0 unspecified atom stereocenters. The van der Waals surface area contributed by atoms with Crippen LogP contribution < -0.4 is 0 Å². The molecule has 0 bridgehead atoms. The van der Waals surface area contributed by atoms with Crippen LogP contribution in [0.25, 0.3) is 0 Å². The van der Waals surface area contributed by atoms with Gasteiger partial charge >= 0.3 is 0 Å². The molecule has 0 rings (SSSR count). The normalized spacial score (nSPS) is 11.8. The maximum atomic E-state index is 11.3. The molecule has 0 heterocycles. The van der Waals surface area contributed by atoms with Crippen molar-refractivity contribution in [3.8, 4) is 11.8 Å². The Balaban J connectivity index is 4.23. The molecule has 0 aromatic carbocycles. The molecule has 0 aliphatic carbocycles. The summed E-state index contributed by atoms with van der Waals surface area (Å²) in [6.45, 7) is 12.1. The Morgan fingerprint density at radius 3 is 1.85 bits per heavy atom. The fourth-order valence-electron chi connectivity index (χ4n) is 0.783. The first kappa shape index (κ1) is 12.2. The van der Waals surface area contributed by atoms with Gasteiger partial charge in [0.05, 0.1) is 0 Å². The van der Waals surface area contributed by atoms with E-state index in [-0.39, 0.29) is 16.6 Å². The fourth-order valence-corrected chi connectivity index (χ4v) is 0.783. The number of hydrogen-bond acceptors (Lipinski definition) is 1. The molecule has 0 aliphatic heterocycles. The molecule has 13 heavy (non-hydrogen) atoms. The van der Waals surface area contributed by atoms with Gasteiger partial charge in [0.25, 0.3) is 0 Å². The third-order valence-electron chi connectivity index (χ3n) is 1.27. The summed E-state index contributed by atoms with van der Waals surface area (Å²) in [5, 5.41) is 0. The molecule has 0 aromatic rings. The van der Waals surface area contributed by atoms with E-state index in [0.29, 0.717) is 6.42 Å². The minimum atomic E-state index is -0.0758. The highest BCUT2D eigenvalue weighted by atomic mass is 16.1. The van der Waals surface area contributed by atoms with Crippen LogP contribution in [0.2, 0.25) is 0 Å². The Morgan fingerprint density at radius 2 is 1.54 bits per heavy atom. The van der Waals surface area contributed by atoms with Crippen LogP contribution in [0.1, 0.15) is 48.0 Å². The van der Waals surface area contributed by atoms with Crippen molar-refractivity contribution < 1.29 is 4.79 Å². The number of hydrogen-bond donors (Lipinski definition) is 0. The van der Waals surface area contributed by atoms with Crippen LogP contribution in [-0.4, -0.2) is 5.78 Å². The van der Waals surface area contributed by atoms with Crippen LogP contribution >= 0.6 is 0 Å². The third-order valence-corrected chi connectivity index (χ3v) is 1.27. The second-order valence-corrected chi connectivity index (χ2v) is 5.66. The summed E-state index contributed by atoms with van der Waals surface area (Å²) in [6.07, 6.45) is 0.538. The summed E-state index contributed by atoms with van der Waals surface area (Å²) in [6, 6.07) is 0. The molecule has 0 fully saturated rings. The van der Waals surface area contributed by atoms with E-state index in [4.69, 9.17) is 0 Å². The van der Waals surface area contributed by atoms with Crippen molar-refractivity contribution in [2.75, 3.05) is 0 Å². The molecule has 1 heteroatoms. The Hall–Kier alpha value is -0.770. The van der Waals surface area contributed by atoms with E-state index in [9.17, 15) is 4.79 Å². The van der Waals surface area contributed by atoms with Gasteiger partial charge < -0.3 is 0 Å². The van der Waals surface area contributed by atoms with Crippen LogP contribution in [0.15, 0.2) is 0 Å². The summed E-state index contributed by atoms with van der Waals surface area (Å²) in [7, 11) is 0. The van der Waals surface area contributed by atoms with Crippen LogP contribution in [0.3, 0.4) is 0 Å². The molecule has 0 N–H and O–H groups in total. The average Bonchev–Trinajstić information content (AvgIpc) is 1.78. The lowest BCUT2D eigenvalue weighted by atomic mass is 9.89. The molecule has 0 aliphatic rings. The lowest BCUT2D eigenvalue weighted by Gasteiger charge is -2.14. The van der Waals surface area contributed by atoms with Gasteiger partial charge in [-0.15, -0.1) is 0 Å². The predicted molar refractivity (Wildman–Crippen MR) is 56.3 cm³/mol. The lowest BCUT2D eigenvalue weighted by molar-refractivity contribution is -0.115. The van der Waals surface area contributed by atoms with Gasteiger partial charge in [-0.2, -0.15) is 0 Å². The molecule has 0 saturated heterocycles. The second kappa shape index (κ2) is 3.96. The largest absolute Gasteiger partial charge is 0.285 e. The smallest absolute Gasteiger partial charge is 0.205 e. The molecule has 0 atom stereocenters. The quantitative estimate of drug-likeness (QED) is 0.448. The molecular formula is C12H20O. The van der Waals surface area contributed by atoms with Crippen molar-refractivity contribution in [1.29, 1.82) is 0 Å². The summed E-state index contributed by atoms with van der Waals surface area (Å²) < 4.78 is 0. The first-order valence-corrected chi connectivity index (χ1v) is 4.66. The molecule has 1 nitrogen and oxygen atoms in total. The Morgan fingerprint density at radius 1 is 1.08 bits per heavy atom. The lowest BCUT2D eigenvalue weighted by Crippen LogP contribution is -2.12. The van der Waals surface area contributed by atoms with Gasteiger partial charge in [-0.25, -0.2) is 0 Å². The Kier molecular flexibility index (Phi) is 3.72. The average molecular weight is 180 g/mol. The molecule has 74 valence electrons. The number of rotatable bonds is 1. The summed E-state index contributed by atoms with van der Waals surface area (Å²) in [4.78, 5) is 11.3. The third kappa shape index (κ3) is 9.14. The van der Waals surface area contributed by atoms with Gasteiger partial charge in [0.1, 0.15) is 0 Å². The molecule has 0 radical (unpaired) electrons. The zero-order valence-electron chi connectivity index (χ0n) is 9.62. The van der Waals surface area contributed by atoms with E-state index in [0.717, 1.165) is 0 Å². The predicted octanol–water partition coefficient (Wildman–Crippen LogP) is 3.04. The summed E-state index contributed by atoms with van der Waals surface area (Å²) in [5.41, 5.74) is -0.0306. The van der Waals surface area contributed by atoms with Crippen LogP contribution in [0.5, 0.6) is 0 Å². The molecule has 0 saturated carbocycles. The standard InChI is InChI=1S/C12H20O/c1-11(2,3)8-7-10(13)9-12(4,5)6/h9H2,1-6H3. The first-order chi connectivity index (χ1) is 5.60. The van der Waals surface area contributed by atoms with E-state index in [1.807, 2.05) is 41.5 Å². The van der Waals surface area contributed by atoms with E-state index < -0.39 is 0 Å². The van der Waals surface area contributed by atoms with Crippen molar-refractivity contribution in [2.45, 2.75) is 48.0 Å². The van der Waals surface area contributed by atoms with Crippen LogP contribution in [-0.2, 0) is 4.79 Å². The van der Waals surface area contributed by atoms with Gasteiger partial charge in [-0.1, -0.05) is 26.7 Å². The van der Waals surface area contributed by atoms with Crippen molar-refractivity contribution >= 4 is 5.78 Å². The molecular weight excluding hydrogens is 160 g/mol. The van der Waals surface area contributed by atoms with Crippen LogP contribution in [0, 0.1) is 22.7 Å². The maximum Gasteiger partial charge on any atom is 0.205 e. The Labute approximate surface area is 81.9 Å². The van der Waals surface area contributed by atoms with E-state index in [1.54, 1.807) is 0 Å². The highest BCUT2D eigenvalue weighted by Crippen LogP contribution is 2.18. The van der Waals surface area contributed by atoms with E-state index in [1.165, 1.54) is 0 Å². The van der Waals surface area contributed by atoms with Gasteiger partial charge in [0, 0.05) is 11.8 Å². The SMILES string of the molecule is CC(C)(C)C#CC(=O)CC(C)(C)C. The first-order valence-electron chi connectivity index (χ1n) is 4.66. The topological polar surface area (TPSA) is 17.1 Å². The van der Waals surface area contributed by atoms with Crippen molar-refractivity contribution in [2.24, 2.45) is 10.8 Å².